The Morgan fingerprint density at radius 3 is 2.21 bits per heavy atom. The van der Waals surface area contributed by atoms with Gasteiger partial charge < -0.3 is 20.5 Å². The van der Waals surface area contributed by atoms with Crippen molar-refractivity contribution in [3.63, 3.8) is 0 Å². The molecule has 2 aliphatic rings. The number of aliphatic carboxylic acids is 1. The van der Waals surface area contributed by atoms with E-state index in [0.717, 1.165) is 12.8 Å². The molecule has 0 spiro atoms. The molecule has 1 fully saturated rings. The zero-order chi connectivity index (χ0) is 23.6. The lowest BCUT2D eigenvalue weighted by Gasteiger charge is -2.22. The van der Waals surface area contributed by atoms with Crippen LogP contribution in [0.3, 0.4) is 0 Å². The Bertz CT molecular complexity index is 1020. The van der Waals surface area contributed by atoms with Gasteiger partial charge in [0, 0.05) is 18.4 Å². The second kappa shape index (κ2) is 9.25. The van der Waals surface area contributed by atoms with Gasteiger partial charge in [-0.3, -0.25) is 4.79 Å². The highest BCUT2D eigenvalue weighted by atomic mass is 16.5. The second-order valence-corrected chi connectivity index (χ2v) is 9.53. The average Bonchev–Trinajstić information content (AvgIpc) is 3.33. The monoisotopic (exact) mass is 450 g/mol. The fourth-order valence-corrected chi connectivity index (χ4v) is 4.91. The van der Waals surface area contributed by atoms with Crippen LogP contribution in [-0.2, 0) is 14.3 Å². The van der Waals surface area contributed by atoms with Crippen LogP contribution in [-0.4, -0.2) is 41.3 Å². The molecule has 2 amide bonds. The number of ether oxygens (including phenoxy) is 1. The number of hydrogen-bond donors (Lipinski definition) is 3. The largest absolute Gasteiger partial charge is 0.480 e. The Kier molecular flexibility index (Phi) is 6.40. The van der Waals surface area contributed by atoms with Crippen LogP contribution in [0.4, 0.5) is 4.79 Å². The van der Waals surface area contributed by atoms with Gasteiger partial charge in [0.2, 0.25) is 5.91 Å². The summed E-state index contributed by atoms with van der Waals surface area (Å²) in [6, 6.07) is 16.4. The first-order valence-corrected chi connectivity index (χ1v) is 11.4. The first-order valence-electron chi connectivity index (χ1n) is 11.4. The molecule has 0 aromatic heterocycles. The van der Waals surface area contributed by atoms with Crippen molar-refractivity contribution >= 4 is 18.0 Å². The van der Waals surface area contributed by atoms with Crippen LogP contribution in [0.5, 0.6) is 0 Å². The van der Waals surface area contributed by atoms with Gasteiger partial charge in [-0.25, -0.2) is 9.59 Å². The third-order valence-corrected chi connectivity index (χ3v) is 6.67. The number of rotatable bonds is 7. The summed E-state index contributed by atoms with van der Waals surface area (Å²) < 4.78 is 5.62. The fraction of sp³-hybridized carbons (Fsp3) is 0.423. The molecule has 0 heterocycles. The summed E-state index contributed by atoms with van der Waals surface area (Å²) in [5, 5.41) is 14.6. The van der Waals surface area contributed by atoms with E-state index in [1.54, 1.807) is 0 Å². The highest BCUT2D eigenvalue weighted by molar-refractivity contribution is 5.86. The van der Waals surface area contributed by atoms with E-state index >= 15 is 0 Å². The maximum atomic E-state index is 12.5. The molecule has 0 bridgehead atoms. The Morgan fingerprint density at radius 1 is 1.00 bits per heavy atom. The summed E-state index contributed by atoms with van der Waals surface area (Å²) in [4.78, 5) is 35.9. The minimum Gasteiger partial charge on any atom is -0.480 e. The molecule has 2 aliphatic carbocycles. The van der Waals surface area contributed by atoms with Gasteiger partial charge in [-0.15, -0.1) is 0 Å². The molecule has 2 aromatic rings. The molecule has 7 nitrogen and oxygen atoms in total. The number of carboxylic acids is 1. The molecule has 174 valence electrons. The summed E-state index contributed by atoms with van der Waals surface area (Å²) in [5.41, 5.74) is 3.41. The number of amides is 2. The molecule has 0 radical (unpaired) electrons. The van der Waals surface area contributed by atoms with Gasteiger partial charge in [-0.05, 0) is 61.3 Å². The van der Waals surface area contributed by atoms with E-state index in [2.05, 4.69) is 34.9 Å². The molecule has 2 atom stereocenters. The number of carbonyl (C=O) groups excluding carboxylic acids is 2. The summed E-state index contributed by atoms with van der Waals surface area (Å²) in [6.07, 6.45) is 2.05. The van der Waals surface area contributed by atoms with Crippen molar-refractivity contribution in [3.8, 4) is 11.1 Å². The maximum absolute atomic E-state index is 12.5. The molecule has 33 heavy (non-hydrogen) atoms. The molecule has 3 N–H and O–H groups in total. The summed E-state index contributed by atoms with van der Waals surface area (Å²) in [5.74, 6) is -1.24. The zero-order valence-electron chi connectivity index (χ0n) is 19.0. The lowest BCUT2D eigenvalue weighted by Crippen LogP contribution is -2.50. The Hall–Kier alpha value is -3.35. The smallest absolute Gasteiger partial charge is 0.407 e. The lowest BCUT2D eigenvalue weighted by atomic mass is 9.98. The number of nitrogens with one attached hydrogen (secondary N) is 2. The molecule has 1 saturated carbocycles. The van der Waals surface area contributed by atoms with Crippen molar-refractivity contribution in [2.75, 3.05) is 6.61 Å². The Morgan fingerprint density at radius 2 is 1.61 bits per heavy atom. The molecular weight excluding hydrogens is 420 g/mol. The van der Waals surface area contributed by atoms with E-state index in [9.17, 15) is 14.4 Å². The summed E-state index contributed by atoms with van der Waals surface area (Å²) >= 11 is 0. The van der Waals surface area contributed by atoms with Crippen molar-refractivity contribution in [2.24, 2.45) is 5.92 Å². The topological polar surface area (TPSA) is 105 Å². The van der Waals surface area contributed by atoms with Crippen LogP contribution in [0.1, 0.15) is 56.6 Å². The third kappa shape index (κ3) is 5.02. The summed E-state index contributed by atoms with van der Waals surface area (Å²) in [7, 11) is 0. The Balaban J connectivity index is 1.27. The molecule has 7 heteroatoms. The van der Waals surface area contributed by atoms with Crippen LogP contribution in [0.25, 0.3) is 11.1 Å². The van der Waals surface area contributed by atoms with E-state index in [-0.39, 0.29) is 36.8 Å². The highest BCUT2D eigenvalue weighted by Crippen LogP contribution is 2.44. The van der Waals surface area contributed by atoms with Gasteiger partial charge in [0.1, 0.15) is 12.1 Å². The number of carboxylic acid groups (broad SMARTS) is 1. The Labute approximate surface area is 193 Å². The molecular formula is C26H30N2O5. The standard InChI is InChI=1S/C26H30N2O5/c1-26(2,24(30)31)28-23(29)14-16-11-12-17(13-16)27-25(32)33-15-22-20-9-5-3-7-18(20)19-8-4-6-10-21(19)22/h3-10,16-17,22H,11-15H2,1-2H3,(H,27,32)(H,28,29)(H,30,31)/t16-,17+/m0/s1. The number of fused-ring (bicyclic) bond motifs is 3. The van der Waals surface area contributed by atoms with Crippen LogP contribution in [0, 0.1) is 5.92 Å². The van der Waals surface area contributed by atoms with Gasteiger partial charge in [0.25, 0.3) is 0 Å². The first-order chi connectivity index (χ1) is 15.7. The second-order valence-electron chi connectivity index (χ2n) is 9.53. The molecule has 2 aromatic carbocycles. The van der Waals surface area contributed by atoms with Gasteiger partial charge >= 0.3 is 12.1 Å². The van der Waals surface area contributed by atoms with Crippen molar-refractivity contribution in [1.29, 1.82) is 0 Å². The zero-order valence-corrected chi connectivity index (χ0v) is 19.0. The van der Waals surface area contributed by atoms with Crippen LogP contribution >= 0.6 is 0 Å². The van der Waals surface area contributed by atoms with Gasteiger partial charge in [0.15, 0.2) is 0 Å². The number of hydrogen-bond acceptors (Lipinski definition) is 4. The quantitative estimate of drug-likeness (QED) is 0.590. The van der Waals surface area contributed by atoms with Crippen molar-refractivity contribution in [3.05, 3.63) is 59.7 Å². The maximum Gasteiger partial charge on any atom is 0.407 e. The van der Waals surface area contributed by atoms with Gasteiger partial charge in [-0.1, -0.05) is 48.5 Å². The van der Waals surface area contributed by atoms with E-state index in [0.29, 0.717) is 6.42 Å². The number of benzene rings is 2. The average molecular weight is 451 g/mol. The van der Waals surface area contributed by atoms with Crippen LogP contribution in [0.15, 0.2) is 48.5 Å². The molecule has 0 unspecified atom stereocenters. The minimum atomic E-state index is -1.30. The number of alkyl carbamates (subject to hydrolysis) is 1. The van der Waals surface area contributed by atoms with E-state index in [1.807, 2.05) is 24.3 Å². The number of carbonyl (C=O) groups is 3. The van der Waals surface area contributed by atoms with Crippen molar-refractivity contribution in [1.82, 2.24) is 10.6 Å². The van der Waals surface area contributed by atoms with E-state index < -0.39 is 17.6 Å². The predicted octanol–water partition coefficient (Wildman–Crippen LogP) is 4.06. The van der Waals surface area contributed by atoms with E-state index in [4.69, 9.17) is 9.84 Å². The van der Waals surface area contributed by atoms with Crippen LogP contribution < -0.4 is 10.6 Å². The minimum absolute atomic E-state index is 0.0146. The fourth-order valence-electron chi connectivity index (χ4n) is 4.91. The van der Waals surface area contributed by atoms with E-state index in [1.165, 1.54) is 36.1 Å². The predicted molar refractivity (Wildman–Crippen MR) is 124 cm³/mol. The molecule has 0 saturated heterocycles. The highest BCUT2D eigenvalue weighted by Gasteiger charge is 2.33. The van der Waals surface area contributed by atoms with Gasteiger partial charge in [-0.2, -0.15) is 0 Å². The normalized spacial score (nSPS) is 19.5. The van der Waals surface area contributed by atoms with Crippen molar-refractivity contribution in [2.45, 2.75) is 57.0 Å². The molecule has 0 aliphatic heterocycles. The SMILES string of the molecule is CC(C)(NC(=O)C[C@H]1CC[C@@H](NC(=O)OCC2c3ccccc3-c3ccccc32)C1)C(=O)O. The van der Waals surface area contributed by atoms with Crippen molar-refractivity contribution < 1.29 is 24.2 Å². The summed E-state index contributed by atoms with van der Waals surface area (Å²) in [6.45, 7) is 3.19. The first kappa shape index (κ1) is 22.8. The third-order valence-electron chi connectivity index (χ3n) is 6.67. The molecule has 4 rings (SSSR count). The lowest BCUT2D eigenvalue weighted by molar-refractivity contribution is -0.146. The van der Waals surface area contributed by atoms with Crippen LogP contribution in [0.2, 0.25) is 0 Å². The van der Waals surface area contributed by atoms with Gasteiger partial charge in [0.05, 0.1) is 0 Å².